The fourth-order valence-corrected chi connectivity index (χ4v) is 3.14. The summed E-state index contributed by atoms with van der Waals surface area (Å²) in [7, 11) is 0. The highest BCUT2D eigenvalue weighted by Gasteiger charge is 2.13. The molecular weight excluding hydrogens is 244 g/mol. The third-order valence-electron chi connectivity index (χ3n) is 3.09. The van der Waals surface area contributed by atoms with Gasteiger partial charge in [-0.1, -0.05) is 17.7 Å². The Kier molecular flexibility index (Phi) is 5.08. The molecular formula is C14H20N2OS. The third kappa shape index (κ3) is 4.03. The first-order valence-corrected chi connectivity index (χ1v) is 7.57. The molecule has 3 nitrogen and oxygen atoms in total. The zero-order chi connectivity index (χ0) is 12.8. The van der Waals surface area contributed by atoms with Crippen LogP contribution in [0.4, 0.5) is 0 Å². The van der Waals surface area contributed by atoms with Crippen molar-refractivity contribution in [3.05, 3.63) is 35.4 Å². The molecule has 2 rings (SSSR count). The molecule has 0 spiro atoms. The minimum absolute atomic E-state index is 0.0117. The molecule has 0 aliphatic carbocycles. The first-order valence-electron chi connectivity index (χ1n) is 6.42. The normalized spacial score (nSPS) is 18.8. The highest BCUT2D eigenvalue weighted by molar-refractivity contribution is 7.99. The number of hydrogen-bond donors (Lipinski definition) is 2. The summed E-state index contributed by atoms with van der Waals surface area (Å²) < 4.78 is 0. The molecule has 0 saturated carbocycles. The highest BCUT2D eigenvalue weighted by atomic mass is 32.2. The van der Waals surface area contributed by atoms with E-state index in [0.29, 0.717) is 12.6 Å². The summed E-state index contributed by atoms with van der Waals surface area (Å²) >= 11 is 1.99. The third-order valence-corrected chi connectivity index (χ3v) is 4.25. The second kappa shape index (κ2) is 6.81. The first-order chi connectivity index (χ1) is 8.75. The molecule has 1 atom stereocenters. The van der Waals surface area contributed by atoms with Gasteiger partial charge in [-0.15, -0.1) is 0 Å². The number of benzene rings is 1. The quantitative estimate of drug-likeness (QED) is 0.797. The van der Waals surface area contributed by atoms with Gasteiger partial charge in [0.05, 0.1) is 0 Å². The Hall–Kier alpha value is -1.00. The number of amides is 1. The molecule has 0 bridgehead atoms. The molecule has 1 saturated heterocycles. The van der Waals surface area contributed by atoms with Gasteiger partial charge in [0, 0.05) is 30.4 Å². The van der Waals surface area contributed by atoms with Crippen molar-refractivity contribution in [2.45, 2.75) is 19.4 Å². The van der Waals surface area contributed by atoms with Gasteiger partial charge < -0.3 is 10.6 Å². The smallest absolute Gasteiger partial charge is 0.251 e. The van der Waals surface area contributed by atoms with E-state index in [1.165, 1.54) is 23.5 Å². The minimum Gasteiger partial charge on any atom is -0.351 e. The van der Waals surface area contributed by atoms with Crippen LogP contribution in [0, 0.1) is 6.92 Å². The van der Waals surface area contributed by atoms with Gasteiger partial charge in [0.1, 0.15) is 0 Å². The van der Waals surface area contributed by atoms with Crippen molar-refractivity contribution in [2.24, 2.45) is 0 Å². The Morgan fingerprint density at radius 1 is 1.33 bits per heavy atom. The maximum absolute atomic E-state index is 11.8. The number of aryl methyl sites for hydroxylation is 1. The molecule has 1 aliphatic rings. The lowest BCUT2D eigenvalue weighted by Crippen LogP contribution is -2.37. The largest absolute Gasteiger partial charge is 0.351 e. The summed E-state index contributed by atoms with van der Waals surface area (Å²) in [6, 6.07) is 8.29. The number of nitrogens with one attached hydrogen (secondary N) is 2. The molecule has 1 aromatic carbocycles. The van der Waals surface area contributed by atoms with Crippen LogP contribution >= 0.6 is 11.8 Å². The van der Waals surface area contributed by atoms with Gasteiger partial charge in [-0.3, -0.25) is 4.79 Å². The molecule has 1 unspecified atom stereocenters. The summed E-state index contributed by atoms with van der Waals surface area (Å²) in [6.45, 7) is 3.56. The van der Waals surface area contributed by atoms with Crippen LogP contribution in [-0.4, -0.2) is 36.5 Å². The number of rotatable bonds is 5. The molecule has 0 aromatic heterocycles. The van der Waals surface area contributed by atoms with Crippen LogP contribution in [0.1, 0.15) is 22.3 Å². The van der Waals surface area contributed by atoms with Crippen LogP contribution < -0.4 is 10.6 Å². The molecule has 1 amide bonds. The van der Waals surface area contributed by atoms with Gasteiger partial charge in [0.2, 0.25) is 0 Å². The van der Waals surface area contributed by atoms with Gasteiger partial charge in [-0.05, 0) is 31.2 Å². The summed E-state index contributed by atoms with van der Waals surface area (Å²) in [5.74, 6) is 2.47. The van der Waals surface area contributed by atoms with Crippen molar-refractivity contribution in [2.75, 3.05) is 24.6 Å². The molecule has 1 fully saturated rings. The number of hydrogen-bond acceptors (Lipinski definition) is 3. The molecule has 1 aromatic rings. The van der Waals surface area contributed by atoms with E-state index >= 15 is 0 Å². The van der Waals surface area contributed by atoms with Crippen molar-refractivity contribution >= 4 is 17.7 Å². The van der Waals surface area contributed by atoms with Crippen molar-refractivity contribution in [3.8, 4) is 0 Å². The van der Waals surface area contributed by atoms with Crippen LogP contribution in [0.15, 0.2) is 24.3 Å². The Morgan fingerprint density at radius 3 is 2.78 bits per heavy atom. The molecule has 1 aliphatic heterocycles. The van der Waals surface area contributed by atoms with E-state index in [2.05, 4.69) is 10.6 Å². The monoisotopic (exact) mass is 264 g/mol. The van der Waals surface area contributed by atoms with Gasteiger partial charge >= 0.3 is 0 Å². The Labute approximate surface area is 113 Å². The van der Waals surface area contributed by atoms with Gasteiger partial charge in [0.15, 0.2) is 0 Å². The zero-order valence-corrected chi connectivity index (χ0v) is 11.6. The molecule has 0 radical (unpaired) electrons. The SMILES string of the molecule is Cc1ccc(C(=O)NCCNC2CCSC2)cc1. The van der Waals surface area contributed by atoms with Crippen molar-refractivity contribution < 1.29 is 4.79 Å². The topological polar surface area (TPSA) is 41.1 Å². The summed E-state index contributed by atoms with van der Waals surface area (Å²) in [6.07, 6.45) is 1.25. The van der Waals surface area contributed by atoms with Crippen molar-refractivity contribution in [1.82, 2.24) is 10.6 Å². The Bertz CT molecular complexity index is 385. The predicted octanol–water partition coefficient (Wildman–Crippen LogP) is 1.82. The number of carbonyl (C=O) groups is 1. The van der Waals surface area contributed by atoms with Gasteiger partial charge in [0.25, 0.3) is 5.91 Å². The van der Waals surface area contributed by atoms with E-state index in [1.54, 1.807) is 0 Å². The molecule has 98 valence electrons. The lowest BCUT2D eigenvalue weighted by atomic mass is 10.1. The van der Waals surface area contributed by atoms with Crippen molar-refractivity contribution in [1.29, 1.82) is 0 Å². The average molecular weight is 264 g/mol. The molecule has 2 N–H and O–H groups in total. The maximum Gasteiger partial charge on any atom is 0.251 e. The predicted molar refractivity (Wildman–Crippen MR) is 77.2 cm³/mol. The van der Waals surface area contributed by atoms with E-state index in [1.807, 2.05) is 43.0 Å². The van der Waals surface area contributed by atoms with E-state index in [0.717, 1.165) is 12.1 Å². The van der Waals surface area contributed by atoms with E-state index < -0.39 is 0 Å². The molecule has 1 heterocycles. The molecule has 4 heteroatoms. The lowest BCUT2D eigenvalue weighted by Gasteiger charge is -2.11. The van der Waals surface area contributed by atoms with Crippen LogP contribution in [0.25, 0.3) is 0 Å². The van der Waals surface area contributed by atoms with E-state index in [-0.39, 0.29) is 5.91 Å². The van der Waals surface area contributed by atoms with Crippen molar-refractivity contribution in [3.63, 3.8) is 0 Å². The first kappa shape index (κ1) is 13.4. The average Bonchev–Trinajstić information content (AvgIpc) is 2.88. The van der Waals surface area contributed by atoms with Gasteiger partial charge in [-0.25, -0.2) is 0 Å². The summed E-state index contributed by atoms with van der Waals surface area (Å²) in [5.41, 5.74) is 1.91. The summed E-state index contributed by atoms with van der Waals surface area (Å²) in [5, 5.41) is 6.40. The second-order valence-electron chi connectivity index (χ2n) is 4.64. The van der Waals surface area contributed by atoms with Crippen LogP contribution in [0.2, 0.25) is 0 Å². The molecule has 18 heavy (non-hydrogen) atoms. The summed E-state index contributed by atoms with van der Waals surface area (Å²) in [4.78, 5) is 11.8. The standard InChI is InChI=1S/C14H20N2OS/c1-11-2-4-12(5-3-11)14(17)16-8-7-15-13-6-9-18-10-13/h2-5,13,15H,6-10H2,1H3,(H,16,17). The lowest BCUT2D eigenvalue weighted by molar-refractivity contribution is 0.0953. The van der Waals surface area contributed by atoms with Crippen LogP contribution in [-0.2, 0) is 0 Å². The minimum atomic E-state index is 0.0117. The Balaban J connectivity index is 1.66. The highest BCUT2D eigenvalue weighted by Crippen LogP contribution is 2.16. The van der Waals surface area contributed by atoms with E-state index in [4.69, 9.17) is 0 Å². The fraction of sp³-hybridized carbons (Fsp3) is 0.500. The number of carbonyl (C=O) groups excluding carboxylic acids is 1. The maximum atomic E-state index is 11.8. The zero-order valence-electron chi connectivity index (χ0n) is 10.7. The number of thioether (sulfide) groups is 1. The second-order valence-corrected chi connectivity index (χ2v) is 5.79. The van der Waals surface area contributed by atoms with Gasteiger partial charge in [-0.2, -0.15) is 11.8 Å². The Morgan fingerprint density at radius 2 is 2.11 bits per heavy atom. The van der Waals surface area contributed by atoms with Crippen LogP contribution in [0.5, 0.6) is 0 Å². The van der Waals surface area contributed by atoms with Crippen LogP contribution in [0.3, 0.4) is 0 Å². The van der Waals surface area contributed by atoms with E-state index in [9.17, 15) is 4.79 Å². The fourth-order valence-electron chi connectivity index (χ4n) is 1.95.